The summed E-state index contributed by atoms with van der Waals surface area (Å²) in [6.07, 6.45) is 3.00. The molecule has 0 aliphatic heterocycles. The van der Waals surface area contributed by atoms with Crippen LogP contribution in [-0.2, 0) is 16.6 Å². The van der Waals surface area contributed by atoms with Crippen molar-refractivity contribution in [1.29, 1.82) is 0 Å². The molecule has 0 spiro atoms. The summed E-state index contributed by atoms with van der Waals surface area (Å²) in [5, 5.41) is 10.9. The van der Waals surface area contributed by atoms with E-state index < -0.39 is 15.9 Å². The lowest BCUT2D eigenvalue weighted by atomic mass is 10.1. The van der Waals surface area contributed by atoms with Gasteiger partial charge in [-0.1, -0.05) is 65.6 Å². The number of anilines is 2. The summed E-state index contributed by atoms with van der Waals surface area (Å²) in [5.74, 6) is -0.443. The normalized spacial score (nSPS) is 11.2. The second-order valence-corrected chi connectivity index (χ2v) is 9.74. The molecule has 3 rings (SSSR count). The van der Waals surface area contributed by atoms with Crippen LogP contribution in [0.5, 0.6) is 0 Å². The minimum absolute atomic E-state index is 0.124. The number of nitrogens with one attached hydrogen (secondary N) is 1. The average molecular weight is 435 g/mol. The second-order valence-electron chi connectivity index (χ2n) is 5.80. The van der Waals surface area contributed by atoms with Gasteiger partial charge in [0.05, 0.1) is 24.1 Å². The molecule has 1 heterocycles. The molecule has 0 fully saturated rings. The van der Waals surface area contributed by atoms with Crippen LogP contribution >= 0.6 is 23.1 Å². The van der Waals surface area contributed by atoms with Crippen LogP contribution in [0.15, 0.2) is 58.9 Å². The molecule has 28 heavy (non-hydrogen) atoms. The van der Waals surface area contributed by atoms with E-state index in [9.17, 15) is 13.2 Å². The van der Waals surface area contributed by atoms with Gasteiger partial charge in [0.1, 0.15) is 0 Å². The number of hydrogen-bond donors (Lipinski definition) is 1. The summed E-state index contributed by atoms with van der Waals surface area (Å²) in [6, 6.07) is 15.8. The van der Waals surface area contributed by atoms with Gasteiger partial charge in [0.2, 0.25) is 15.2 Å². The molecule has 0 aliphatic carbocycles. The van der Waals surface area contributed by atoms with E-state index in [2.05, 4.69) is 15.5 Å². The van der Waals surface area contributed by atoms with Gasteiger partial charge < -0.3 is 0 Å². The Morgan fingerprint density at radius 2 is 1.79 bits per heavy atom. The smallest absolute Gasteiger partial charge is 0.259 e. The molecular formula is C18H18N4O3S3. The molecular weight excluding hydrogens is 416 g/mol. The van der Waals surface area contributed by atoms with E-state index in [0.29, 0.717) is 10.8 Å². The SMILES string of the molecule is CSc1nnc(NC(=O)c2ccccc2N(Cc2ccccc2)S(C)(=O)=O)s1. The van der Waals surface area contributed by atoms with E-state index in [1.54, 1.807) is 24.3 Å². The molecule has 10 heteroatoms. The Morgan fingerprint density at radius 3 is 2.43 bits per heavy atom. The maximum atomic E-state index is 12.8. The Morgan fingerprint density at radius 1 is 1.11 bits per heavy atom. The Balaban J connectivity index is 1.94. The molecule has 1 amide bonds. The maximum Gasteiger partial charge on any atom is 0.259 e. The molecule has 7 nitrogen and oxygen atoms in total. The Hall–Kier alpha value is -2.43. The van der Waals surface area contributed by atoms with Gasteiger partial charge >= 0.3 is 0 Å². The monoisotopic (exact) mass is 434 g/mol. The molecule has 0 atom stereocenters. The Labute approximate surface area is 171 Å². The van der Waals surface area contributed by atoms with Crippen molar-refractivity contribution in [3.8, 4) is 0 Å². The number of sulfonamides is 1. The zero-order valence-electron chi connectivity index (χ0n) is 15.2. The standard InChI is InChI=1S/C18H18N4O3S3/c1-26-18-21-20-17(27-18)19-16(23)14-10-6-7-11-15(14)22(28(2,24)25)12-13-8-4-3-5-9-13/h3-11H,12H2,1-2H3,(H,19,20,23). The fourth-order valence-electron chi connectivity index (χ4n) is 2.52. The zero-order valence-corrected chi connectivity index (χ0v) is 17.6. The number of nitrogens with zero attached hydrogens (tertiary/aromatic N) is 3. The van der Waals surface area contributed by atoms with Gasteiger partial charge in [-0.25, -0.2) is 8.42 Å². The first-order chi connectivity index (χ1) is 13.4. The van der Waals surface area contributed by atoms with Gasteiger partial charge in [-0.3, -0.25) is 14.4 Å². The van der Waals surface area contributed by atoms with E-state index >= 15 is 0 Å². The number of benzene rings is 2. The van der Waals surface area contributed by atoms with Crippen LogP contribution in [0.4, 0.5) is 10.8 Å². The third kappa shape index (κ3) is 4.89. The largest absolute Gasteiger partial charge is 0.296 e. The fourth-order valence-corrected chi connectivity index (χ4v) is 4.59. The number of para-hydroxylation sites is 1. The number of hydrogen-bond acceptors (Lipinski definition) is 7. The van der Waals surface area contributed by atoms with Crippen molar-refractivity contribution in [1.82, 2.24) is 10.2 Å². The number of amides is 1. The van der Waals surface area contributed by atoms with E-state index in [4.69, 9.17) is 0 Å². The number of carbonyl (C=O) groups is 1. The van der Waals surface area contributed by atoms with Crippen LogP contribution in [0.25, 0.3) is 0 Å². The van der Waals surface area contributed by atoms with Crippen molar-refractivity contribution in [2.75, 3.05) is 22.1 Å². The van der Waals surface area contributed by atoms with Crippen LogP contribution in [0.3, 0.4) is 0 Å². The molecule has 0 radical (unpaired) electrons. The van der Waals surface area contributed by atoms with E-state index in [-0.39, 0.29) is 12.1 Å². The quantitative estimate of drug-likeness (QED) is 0.452. The summed E-state index contributed by atoms with van der Waals surface area (Å²) < 4.78 is 26.9. The average Bonchev–Trinajstić information content (AvgIpc) is 3.13. The predicted molar refractivity (Wildman–Crippen MR) is 114 cm³/mol. The molecule has 146 valence electrons. The highest BCUT2D eigenvalue weighted by Gasteiger charge is 2.24. The van der Waals surface area contributed by atoms with Gasteiger partial charge in [0.15, 0.2) is 4.34 Å². The van der Waals surface area contributed by atoms with Gasteiger partial charge in [-0.2, -0.15) is 0 Å². The van der Waals surface area contributed by atoms with Crippen molar-refractivity contribution >= 4 is 49.8 Å². The zero-order chi connectivity index (χ0) is 20.1. The van der Waals surface area contributed by atoms with E-state index in [1.807, 2.05) is 36.6 Å². The Bertz CT molecular complexity index is 1070. The highest BCUT2D eigenvalue weighted by molar-refractivity contribution is 8.00. The van der Waals surface area contributed by atoms with Gasteiger partial charge in [-0.15, -0.1) is 10.2 Å². The minimum Gasteiger partial charge on any atom is -0.296 e. The van der Waals surface area contributed by atoms with Crippen molar-refractivity contribution in [3.63, 3.8) is 0 Å². The molecule has 0 unspecified atom stereocenters. The van der Waals surface area contributed by atoms with Crippen LogP contribution in [0.1, 0.15) is 15.9 Å². The summed E-state index contributed by atoms with van der Waals surface area (Å²) in [6.45, 7) is 0.124. The van der Waals surface area contributed by atoms with Crippen molar-refractivity contribution < 1.29 is 13.2 Å². The molecule has 2 aromatic carbocycles. The first kappa shape index (κ1) is 20.3. The second kappa shape index (κ2) is 8.72. The van der Waals surface area contributed by atoms with Crippen molar-refractivity contribution in [2.24, 2.45) is 0 Å². The first-order valence-corrected chi connectivity index (χ1v) is 12.1. The third-order valence-corrected chi connectivity index (χ3v) is 6.73. The number of aromatic nitrogens is 2. The number of rotatable bonds is 7. The molecule has 3 aromatic rings. The molecule has 0 saturated carbocycles. The maximum absolute atomic E-state index is 12.8. The lowest BCUT2D eigenvalue weighted by molar-refractivity contribution is 0.102. The van der Waals surface area contributed by atoms with Gasteiger partial charge in [0.25, 0.3) is 5.91 Å². The fraction of sp³-hybridized carbons (Fsp3) is 0.167. The lowest BCUT2D eigenvalue weighted by Crippen LogP contribution is -2.31. The number of thioether (sulfide) groups is 1. The van der Waals surface area contributed by atoms with Gasteiger partial charge in [0, 0.05) is 0 Å². The van der Waals surface area contributed by atoms with Gasteiger partial charge in [-0.05, 0) is 24.0 Å². The van der Waals surface area contributed by atoms with Crippen LogP contribution in [0.2, 0.25) is 0 Å². The summed E-state index contributed by atoms with van der Waals surface area (Å²) in [7, 11) is -3.62. The summed E-state index contributed by atoms with van der Waals surface area (Å²) >= 11 is 2.69. The molecule has 0 bridgehead atoms. The molecule has 1 aromatic heterocycles. The third-order valence-electron chi connectivity index (χ3n) is 3.79. The first-order valence-electron chi connectivity index (χ1n) is 8.18. The molecule has 0 aliphatic rings. The van der Waals surface area contributed by atoms with E-state index in [0.717, 1.165) is 16.2 Å². The van der Waals surface area contributed by atoms with Crippen LogP contribution in [0, 0.1) is 0 Å². The van der Waals surface area contributed by atoms with Crippen LogP contribution < -0.4 is 9.62 Å². The van der Waals surface area contributed by atoms with Crippen molar-refractivity contribution in [3.05, 3.63) is 65.7 Å². The highest BCUT2D eigenvalue weighted by Crippen LogP contribution is 2.28. The van der Waals surface area contributed by atoms with Crippen molar-refractivity contribution in [2.45, 2.75) is 10.9 Å². The number of carbonyl (C=O) groups excluding carboxylic acids is 1. The van der Waals surface area contributed by atoms with Crippen LogP contribution in [-0.4, -0.2) is 37.0 Å². The summed E-state index contributed by atoms with van der Waals surface area (Å²) in [4.78, 5) is 12.8. The summed E-state index contributed by atoms with van der Waals surface area (Å²) in [5.41, 5.74) is 1.36. The Kier molecular flexibility index (Phi) is 6.32. The predicted octanol–water partition coefficient (Wildman–Crippen LogP) is 3.48. The lowest BCUT2D eigenvalue weighted by Gasteiger charge is -2.24. The molecule has 0 saturated heterocycles. The van der Waals surface area contributed by atoms with E-state index in [1.165, 1.54) is 27.4 Å². The minimum atomic E-state index is -3.62. The molecule has 1 N–H and O–H groups in total. The highest BCUT2D eigenvalue weighted by atomic mass is 32.2. The topological polar surface area (TPSA) is 92.3 Å².